The topological polar surface area (TPSA) is 94.2 Å². The molecule has 0 radical (unpaired) electrons. The number of benzene rings is 1. The van der Waals surface area contributed by atoms with Gasteiger partial charge in [-0.25, -0.2) is 9.67 Å². The van der Waals surface area contributed by atoms with Crippen molar-refractivity contribution < 1.29 is 9.72 Å². The fourth-order valence-electron chi connectivity index (χ4n) is 2.37. The Hall–Kier alpha value is -2.77. The summed E-state index contributed by atoms with van der Waals surface area (Å²) in [4.78, 5) is 28.9. The minimum absolute atomic E-state index is 0.172. The molecular weight excluding hydrogens is 298 g/mol. The maximum atomic E-state index is 12.6. The van der Waals surface area contributed by atoms with E-state index in [1.165, 1.54) is 29.5 Å². The van der Waals surface area contributed by atoms with Crippen LogP contribution < -0.4 is 0 Å². The number of rotatable bonds is 7. The lowest BCUT2D eigenvalue weighted by molar-refractivity contribution is -0.384. The van der Waals surface area contributed by atoms with E-state index >= 15 is 0 Å². The summed E-state index contributed by atoms with van der Waals surface area (Å²) in [7, 11) is 0. The highest BCUT2D eigenvalue weighted by molar-refractivity contribution is 5.95. The lowest BCUT2D eigenvalue weighted by atomic mass is 10.1. The minimum atomic E-state index is -0.516. The predicted molar refractivity (Wildman–Crippen MR) is 84.5 cm³/mol. The summed E-state index contributed by atoms with van der Waals surface area (Å²) in [6.07, 6.45) is 4.35. The molecule has 0 fully saturated rings. The third kappa shape index (κ3) is 3.71. The van der Waals surface area contributed by atoms with Gasteiger partial charge in [-0.15, -0.1) is 0 Å². The molecule has 0 aliphatic carbocycles. The molecule has 8 nitrogen and oxygen atoms in total. The van der Waals surface area contributed by atoms with Crippen LogP contribution in [0, 0.1) is 10.1 Å². The van der Waals surface area contributed by atoms with E-state index in [4.69, 9.17) is 0 Å². The average molecular weight is 317 g/mol. The maximum Gasteiger partial charge on any atom is 0.295 e. The van der Waals surface area contributed by atoms with E-state index in [0.717, 1.165) is 12.8 Å². The summed E-state index contributed by atoms with van der Waals surface area (Å²) >= 11 is 0. The molecule has 8 heteroatoms. The highest BCUT2D eigenvalue weighted by atomic mass is 16.6. The second-order valence-corrected chi connectivity index (χ2v) is 5.09. The third-order valence-corrected chi connectivity index (χ3v) is 3.36. The number of carbonyl (C=O) groups excluding carboxylic acids is 1. The van der Waals surface area contributed by atoms with Crippen LogP contribution in [0.1, 0.15) is 37.0 Å². The lowest BCUT2D eigenvalue weighted by Gasteiger charge is -2.21. The number of aromatic nitrogens is 3. The number of nitro groups is 1. The van der Waals surface area contributed by atoms with Gasteiger partial charge in [-0.1, -0.05) is 13.8 Å². The second-order valence-electron chi connectivity index (χ2n) is 5.09. The Morgan fingerprint density at radius 3 is 2.52 bits per heavy atom. The molecule has 2 rings (SSSR count). The molecule has 0 aliphatic rings. The Morgan fingerprint density at radius 2 is 2.00 bits per heavy atom. The SMILES string of the molecule is CCCN(CCC)C(=O)c1ccc(-n2cncn2)c([N+](=O)[O-])c1. The van der Waals surface area contributed by atoms with E-state index in [-0.39, 0.29) is 17.3 Å². The van der Waals surface area contributed by atoms with E-state index in [1.807, 2.05) is 13.8 Å². The van der Waals surface area contributed by atoms with Gasteiger partial charge in [-0.05, 0) is 25.0 Å². The van der Waals surface area contributed by atoms with Gasteiger partial charge in [-0.3, -0.25) is 14.9 Å². The Balaban J connectivity index is 2.39. The quantitative estimate of drug-likeness (QED) is 0.577. The summed E-state index contributed by atoms with van der Waals surface area (Å²) in [5.74, 6) is -0.193. The minimum Gasteiger partial charge on any atom is -0.339 e. The molecule has 0 bridgehead atoms. The van der Waals surface area contributed by atoms with Crippen molar-refractivity contribution in [1.29, 1.82) is 0 Å². The van der Waals surface area contributed by atoms with Crippen LogP contribution in [-0.2, 0) is 0 Å². The molecule has 0 saturated heterocycles. The van der Waals surface area contributed by atoms with Gasteiger partial charge in [0.05, 0.1) is 4.92 Å². The van der Waals surface area contributed by atoms with Gasteiger partial charge in [0, 0.05) is 24.7 Å². The van der Waals surface area contributed by atoms with Crippen LogP contribution in [0.5, 0.6) is 0 Å². The first kappa shape index (κ1) is 16.6. The molecule has 1 heterocycles. The molecule has 1 aromatic carbocycles. The van der Waals surface area contributed by atoms with E-state index in [0.29, 0.717) is 18.7 Å². The zero-order valence-corrected chi connectivity index (χ0v) is 13.2. The Morgan fingerprint density at radius 1 is 1.30 bits per heavy atom. The van der Waals surface area contributed by atoms with Crippen LogP contribution in [0.4, 0.5) is 5.69 Å². The Labute approximate surface area is 133 Å². The highest BCUT2D eigenvalue weighted by Crippen LogP contribution is 2.24. The molecule has 23 heavy (non-hydrogen) atoms. The normalized spacial score (nSPS) is 10.5. The molecule has 0 atom stereocenters. The van der Waals surface area contributed by atoms with Gasteiger partial charge in [0.1, 0.15) is 18.3 Å². The number of carbonyl (C=O) groups is 1. The first-order valence-electron chi connectivity index (χ1n) is 7.51. The van der Waals surface area contributed by atoms with Crippen molar-refractivity contribution >= 4 is 11.6 Å². The van der Waals surface area contributed by atoms with Gasteiger partial charge in [0.2, 0.25) is 0 Å². The number of nitro benzene ring substituents is 1. The van der Waals surface area contributed by atoms with E-state index in [1.54, 1.807) is 11.0 Å². The van der Waals surface area contributed by atoms with E-state index in [2.05, 4.69) is 10.1 Å². The third-order valence-electron chi connectivity index (χ3n) is 3.36. The van der Waals surface area contributed by atoms with Crippen LogP contribution in [0.25, 0.3) is 5.69 Å². The number of hydrogen-bond donors (Lipinski definition) is 0. The van der Waals surface area contributed by atoms with E-state index in [9.17, 15) is 14.9 Å². The zero-order valence-electron chi connectivity index (χ0n) is 13.2. The molecule has 2 aromatic rings. The van der Waals surface area contributed by atoms with Crippen molar-refractivity contribution in [3.8, 4) is 5.69 Å². The van der Waals surface area contributed by atoms with Crippen LogP contribution >= 0.6 is 0 Å². The summed E-state index contributed by atoms with van der Waals surface area (Å²) in [6, 6.07) is 4.42. The lowest BCUT2D eigenvalue weighted by Crippen LogP contribution is -2.32. The summed E-state index contributed by atoms with van der Waals surface area (Å²) in [6.45, 7) is 5.25. The fraction of sp³-hybridized carbons (Fsp3) is 0.400. The van der Waals surface area contributed by atoms with Crippen molar-refractivity contribution in [2.75, 3.05) is 13.1 Å². The van der Waals surface area contributed by atoms with Crippen molar-refractivity contribution in [2.24, 2.45) is 0 Å². The van der Waals surface area contributed by atoms with Crippen molar-refractivity contribution in [1.82, 2.24) is 19.7 Å². The maximum absolute atomic E-state index is 12.6. The van der Waals surface area contributed by atoms with Crippen molar-refractivity contribution in [2.45, 2.75) is 26.7 Å². The molecular formula is C15H19N5O3. The number of nitrogens with zero attached hydrogens (tertiary/aromatic N) is 5. The van der Waals surface area contributed by atoms with Gasteiger partial charge >= 0.3 is 0 Å². The standard InChI is InChI=1S/C15H19N5O3/c1-3-7-18(8-4-2)15(21)12-5-6-13(14(9-12)20(22)23)19-11-16-10-17-19/h5-6,9-11H,3-4,7-8H2,1-2H3. The predicted octanol–water partition coefficient (Wildman–Crippen LogP) is 2.44. The highest BCUT2D eigenvalue weighted by Gasteiger charge is 2.21. The molecule has 0 aliphatic heterocycles. The zero-order chi connectivity index (χ0) is 16.8. The summed E-state index contributed by atoms with van der Waals surface area (Å²) in [5.41, 5.74) is 0.415. The van der Waals surface area contributed by atoms with Gasteiger partial charge < -0.3 is 4.90 Å². The second kappa shape index (κ2) is 7.48. The fourth-order valence-corrected chi connectivity index (χ4v) is 2.37. The molecule has 0 unspecified atom stereocenters. The number of hydrogen-bond acceptors (Lipinski definition) is 5. The summed E-state index contributed by atoms with van der Waals surface area (Å²) < 4.78 is 1.31. The number of amides is 1. The Kier molecular flexibility index (Phi) is 5.40. The van der Waals surface area contributed by atoms with Crippen LogP contribution in [0.15, 0.2) is 30.9 Å². The van der Waals surface area contributed by atoms with Gasteiger partial charge in [0.15, 0.2) is 0 Å². The smallest absolute Gasteiger partial charge is 0.295 e. The van der Waals surface area contributed by atoms with Crippen molar-refractivity contribution in [3.05, 3.63) is 46.5 Å². The molecule has 1 amide bonds. The molecule has 122 valence electrons. The largest absolute Gasteiger partial charge is 0.339 e. The van der Waals surface area contributed by atoms with E-state index < -0.39 is 4.92 Å². The summed E-state index contributed by atoms with van der Waals surface area (Å²) in [5, 5.41) is 15.2. The van der Waals surface area contributed by atoms with Gasteiger partial charge in [0.25, 0.3) is 11.6 Å². The van der Waals surface area contributed by atoms with Crippen LogP contribution in [0.2, 0.25) is 0 Å². The molecule has 0 saturated carbocycles. The average Bonchev–Trinajstić information content (AvgIpc) is 3.07. The molecule has 1 aromatic heterocycles. The first-order chi connectivity index (χ1) is 11.1. The molecule has 0 N–H and O–H groups in total. The Bertz CT molecular complexity index is 678. The van der Waals surface area contributed by atoms with Gasteiger partial charge in [-0.2, -0.15) is 5.10 Å². The monoisotopic (exact) mass is 317 g/mol. The van der Waals surface area contributed by atoms with Crippen LogP contribution in [0.3, 0.4) is 0 Å². The van der Waals surface area contributed by atoms with Crippen molar-refractivity contribution in [3.63, 3.8) is 0 Å². The first-order valence-corrected chi connectivity index (χ1v) is 7.51. The van der Waals surface area contributed by atoms with Crippen LogP contribution in [-0.4, -0.2) is 43.6 Å². The molecule has 0 spiro atoms.